The lowest BCUT2D eigenvalue weighted by molar-refractivity contribution is -0.132. The van der Waals surface area contributed by atoms with Gasteiger partial charge in [-0.25, -0.2) is 4.98 Å². The molecule has 1 amide bonds. The number of halogens is 2. The van der Waals surface area contributed by atoms with Crippen molar-refractivity contribution in [1.82, 2.24) is 4.98 Å². The van der Waals surface area contributed by atoms with E-state index in [1.807, 2.05) is 43.3 Å². The Kier molecular flexibility index (Phi) is 6.37. The quantitative estimate of drug-likeness (QED) is 0.165. The van der Waals surface area contributed by atoms with Gasteiger partial charge in [0.2, 0.25) is 0 Å². The maximum atomic E-state index is 13.4. The number of fused-ring (bicyclic) bond motifs is 1. The molecular formula is C28H22Cl2N2O3S. The Hall–Kier alpha value is -3.19. The van der Waals surface area contributed by atoms with Gasteiger partial charge >= 0.3 is 5.91 Å². The summed E-state index contributed by atoms with van der Waals surface area (Å²) in [6.07, 6.45) is 0. The number of carbonyl (C=O) groups excluding carboxylic acids is 2. The van der Waals surface area contributed by atoms with Crippen LogP contribution in [-0.4, -0.2) is 21.8 Å². The predicted molar refractivity (Wildman–Crippen MR) is 146 cm³/mol. The van der Waals surface area contributed by atoms with Crippen LogP contribution in [0, 0.1) is 6.92 Å². The first-order valence-corrected chi connectivity index (χ1v) is 13.0. The Morgan fingerprint density at radius 2 is 1.81 bits per heavy atom. The van der Waals surface area contributed by atoms with Gasteiger partial charge in [0.25, 0.3) is 5.78 Å². The molecule has 2 heterocycles. The summed E-state index contributed by atoms with van der Waals surface area (Å²) >= 11 is 13.6. The van der Waals surface area contributed by atoms with Gasteiger partial charge in [0, 0.05) is 5.56 Å². The number of rotatable bonds is 4. The van der Waals surface area contributed by atoms with Gasteiger partial charge in [0.15, 0.2) is 5.13 Å². The summed E-state index contributed by atoms with van der Waals surface area (Å²) in [6, 6.07) is 17.3. The molecule has 0 bridgehead atoms. The number of aryl methyl sites for hydroxylation is 1. The summed E-state index contributed by atoms with van der Waals surface area (Å²) in [5.74, 6) is -1.50. The third-order valence-corrected chi connectivity index (χ3v) is 8.03. The third-order valence-electron chi connectivity index (χ3n) is 6.27. The van der Waals surface area contributed by atoms with E-state index in [1.165, 1.54) is 28.4 Å². The van der Waals surface area contributed by atoms with Crippen molar-refractivity contribution in [3.8, 4) is 0 Å². The average Bonchev–Trinajstić information content (AvgIpc) is 3.38. The van der Waals surface area contributed by atoms with Gasteiger partial charge < -0.3 is 5.11 Å². The number of anilines is 1. The zero-order chi connectivity index (χ0) is 25.7. The maximum Gasteiger partial charge on any atom is 0.301 e. The van der Waals surface area contributed by atoms with Gasteiger partial charge in [0.05, 0.1) is 31.9 Å². The lowest BCUT2D eigenvalue weighted by atomic mass is 9.94. The number of ketones is 1. The van der Waals surface area contributed by atoms with Gasteiger partial charge in [-0.05, 0) is 54.3 Å². The molecule has 3 aromatic carbocycles. The Labute approximate surface area is 222 Å². The molecule has 1 atom stereocenters. The van der Waals surface area contributed by atoms with Crippen molar-refractivity contribution in [3.63, 3.8) is 0 Å². The molecule has 1 unspecified atom stereocenters. The molecule has 0 aliphatic carbocycles. The summed E-state index contributed by atoms with van der Waals surface area (Å²) in [5.41, 5.74) is 3.83. The number of benzene rings is 3. The van der Waals surface area contributed by atoms with Crippen molar-refractivity contribution in [3.05, 3.63) is 98.5 Å². The zero-order valence-electron chi connectivity index (χ0n) is 19.8. The Bertz CT molecular complexity index is 1570. The van der Waals surface area contributed by atoms with Crippen molar-refractivity contribution >= 4 is 67.3 Å². The van der Waals surface area contributed by atoms with Crippen LogP contribution in [0.4, 0.5) is 5.13 Å². The molecule has 0 spiro atoms. The summed E-state index contributed by atoms with van der Waals surface area (Å²) in [6.45, 7) is 6.16. The van der Waals surface area contributed by atoms with E-state index in [-0.39, 0.29) is 16.4 Å². The minimum Gasteiger partial charge on any atom is -0.507 e. The molecule has 4 aromatic rings. The number of carbonyl (C=O) groups is 2. The number of amides is 1. The molecule has 0 saturated carbocycles. The molecule has 1 saturated heterocycles. The SMILES string of the molecule is Cc1cccc(C2/C(=C(\O)c3ccc(Cl)c(Cl)c3)C(=O)C(=O)N2c2nc3ccc(C(C)C)cc3s2)c1. The summed E-state index contributed by atoms with van der Waals surface area (Å²) in [5, 5.41) is 12.2. The predicted octanol–water partition coefficient (Wildman–Crippen LogP) is 7.66. The first-order valence-electron chi connectivity index (χ1n) is 11.4. The monoisotopic (exact) mass is 536 g/mol. The number of nitrogens with zero attached hydrogens (tertiary/aromatic N) is 2. The molecule has 5 nitrogen and oxygen atoms in total. The smallest absolute Gasteiger partial charge is 0.301 e. The van der Waals surface area contributed by atoms with E-state index in [0.29, 0.717) is 27.2 Å². The van der Waals surface area contributed by atoms with E-state index in [9.17, 15) is 14.7 Å². The summed E-state index contributed by atoms with van der Waals surface area (Å²) < 4.78 is 0.922. The van der Waals surface area contributed by atoms with E-state index in [1.54, 1.807) is 6.07 Å². The van der Waals surface area contributed by atoms with E-state index in [2.05, 4.69) is 19.9 Å². The first kappa shape index (κ1) is 24.5. The van der Waals surface area contributed by atoms with Crippen LogP contribution in [0.3, 0.4) is 0 Å². The van der Waals surface area contributed by atoms with Crippen LogP contribution in [0.25, 0.3) is 16.0 Å². The van der Waals surface area contributed by atoms with Crippen molar-refractivity contribution < 1.29 is 14.7 Å². The molecule has 1 aliphatic rings. The molecule has 1 fully saturated rings. The molecule has 1 aliphatic heterocycles. The van der Waals surface area contributed by atoms with Crippen molar-refractivity contribution in [2.75, 3.05) is 4.90 Å². The number of aromatic nitrogens is 1. The van der Waals surface area contributed by atoms with Gasteiger partial charge in [-0.15, -0.1) is 0 Å². The highest BCUT2D eigenvalue weighted by Gasteiger charge is 2.48. The largest absolute Gasteiger partial charge is 0.507 e. The summed E-state index contributed by atoms with van der Waals surface area (Å²) in [7, 11) is 0. The van der Waals surface area contributed by atoms with Crippen molar-refractivity contribution in [1.29, 1.82) is 0 Å². The average molecular weight is 537 g/mol. The van der Waals surface area contributed by atoms with Crippen molar-refractivity contribution in [2.45, 2.75) is 32.7 Å². The number of hydrogen-bond acceptors (Lipinski definition) is 5. The van der Waals surface area contributed by atoms with Crippen LogP contribution in [0.15, 0.2) is 66.2 Å². The number of aliphatic hydroxyl groups is 1. The first-order chi connectivity index (χ1) is 17.2. The molecule has 5 rings (SSSR count). The van der Waals surface area contributed by atoms with Crippen molar-refractivity contribution in [2.24, 2.45) is 0 Å². The number of thiazole rings is 1. The normalized spacial score (nSPS) is 17.5. The second kappa shape index (κ2) is 9.36. The standard InChI is InChI=1S/C28H22Cl2N2O3S/c1-14(2)16-8-10-21-22(13-16)36-28(31-21)32-24(17-6-4-5-15(3)11-17)23(26(34)27(32)35)25(33)18-7-9-19(29)20(30)12-18/h4-14,24,33H,1-3H3/b25-23+. The molecule has 36 heavy (non-hydrogen) atoms. The van der Waals surface area contributed by atoms with Crippen LogP contribution >= 0.6 is 34.5 Å². The fourth-order valence-electron chi connectivity index (χ4n) is 4.38. The van der Waals surface area contributed by atoms with Crippen LogP contribution in [0.5, 0.6) is 0 Å². The molecule has 182 valence electrons. The van der Waals surface area contributed by atoms with E-state index >= 15 is 0 Å². The Morgan fingerprint density at radius 3 is 2.50 bits per heavy atom. The summed E-state index contributed by atoms with van der Waals surface area (Å²) in [4.78, 5) is 32.9. The maximum absolute atomic E-state index is 13.4. The fraction of sp³-hybridized carbons (Fsp3) is 0.179. The highest BCUT2D eigenvalue weighted by molar-refractivity contribution is 7.22. The van der Waals surface area contributed by atoms with Gasteiger partial charge in [0.1, 0.15) is 5.76 Å². The third kappa shape index (κ3) is 4.19. The van der Waals surface area contributed by atoms with E-state index in [0.717, 1.165) is 21.3 Å². The van der Waals surface area contributed by atoms with Crippen LogP contribution < -0.4 is 4.90 Å². The van der Waals surface area contributed by atoms with Gasteiger partial charge in [-0.2, -0.15) is 0 Å². The van der Waals surface area contributed by atoms with Gasteiger partial charge in [-0.1, -0.05) is 84.3 Å². The van der Waals surface area contributed by atoms with Crippen LogP contribution in [-0.2, 0) is 9.59 Å². The Morgan fingerprint density at radius 1 is 1.03 bits per heavy atom. The van der Waals surface area contributed by atoms with Gasteiger partial charge in [-0.3, -0.25) is 14.5 Å². The lowest BCUT2D eigenvalue weighted by Crippen LogP contribution is -2.29. The zero-order valence-corrected chi connectivity index (χ0v) is 22.1. The minimum absolute atomic E-state index is 0.0221. The number of hydrogen-bond donors (Lipinski definition) is 1. The minimum atomic E-state index is -0.857. The molecule has 8 heteroatoms. The lowest BCUT2D eigenvalue weighted by Gasteiger charge is -2.23. The fourth-order valence-corrected chi connectivity index (χ4v) is 5.71. The molecule has 0 radical (unpaired) electrons. The number of aliphatic hydroxyl groups excluding tert-OH is 1. The second-order valence-corrected chi connectivity index (χ2v) is 10.9. The van der Waals surface area contributed by atoms with E-state index < -0.39 is 17.7 Å². The highest BCUT2D eigenvalue weighted by Crippen LogP contribution is 2.45. The Balaban J connectivity index is 1.72. The van der Waals surface area contributed by atoms with Crippen LogP contribution in [0.2, 0.25) is 10.0 Å². The molecule has 1 N–H and O–H groups in total. The van der Waals surface area contributed by atoms with E-state index in [4.69, 9.17) is 28.2 Å². The highest BCUT2D eigenvalue weighted by atomic mass is 35.5. The van der Waals surface area contributed by atoms with Crippen LogP contribution in [0.1, 0.15) is 48.1 Å². The number of Topliss-reactive ketones (excluding diaryl/α,β-unsaturated/α-hetero) is 1. The molecular weight excluding hydrogens is 515 g/mol. The second-order valence-electron chi connectivity index (χ2n) is 9.09. The molecule has 1 aromatic heterocycles. The topological polar surface area (TPSA) is 70.5 Å².